The van der Waals surface area contributed by atoms with E-state index in [-0.39, 0.29) is 10.8 Å². The smallest absolute Gasteiger partial charge is 0.267 e. The molecule has 0 aliphatic carbocycles. The number of hydrogen-bond donors (Lipinski definition) is 2. The molecule has 25 heavy (non-hydrogen) atoms. The second kappa shape index (κ2) is 7.04. The Bertz CT molecular complexity index is 999. The van der Waals surface area contributed by atoms with E-state index < -0.39 is 10.0 Å². The van der Waals surface area contributed by atoms with Crippen molar-refractivity contribution in [3.63, 3.8) is 0 Å². The number of aryl methyl sites for hydroxylation is 1. The summed E-state index contributed by atoms with van der Waals surface area (Å²) in [7, 11) is -3.74. The zero-order chi connectivity index (χ0) is 17.9. The van der Waals surface area contributed by atoms with Gasteiger partial charge in [-0.1, -0.05) is 30.3 Å². The van der Waals surface area contributed by atoms with Gasteiger partial charge >= 0.3 is 0 Å². The molecule has 0 aliphatic heterocycles. The maximum absolute atomic E-state index is 12.5. The van der Waals surface area contributed by atoms with Crippen molar-refractivity contribution in [2.75, 3.05) is 10.0 Å². The van der Waals surface area contributed by atoms with Crippen molar-refractivity contribution in [3.05, 3.63) is 70.7 Å². The minimum atomic E-state index is -3.74. The number of hydrogen-bond acceptors (Lipinski definition) is 5. The van der Waals surface area contributed by atoms with Crippen LogP contribution >= 0.6 is 11.3 Å². The van der Waals surface area contributed by atoms with Gasteiger partial charge in [0.05, 0.1) is 27.5 Å². The van der Waals surface area contributed by atoms with E-state index in [4.69, 9.17) is 0 Å². The standard InChI is InChI=1S/C17H15N3O3S2/c1-12-18-11-16(24-12)17(21)19-14-9-5-6-10-15(14)20-25(22,23)13-7-3-2-4-8-13/h2-11,20H,1H3,(H,19,21). The van der Waals surface area contributed by atoms with E-state index in [1.807, 2.05) is 6.92 Å². The number of anilines is 2. The number of thiazole rings is 1. The molecule has 8 heteroatoms. The molecule has 2 N–H and O–H groups in total. The summed E-state index contributed by atoms with van der Waals surface area (Å²) in [5.41, 5.74) is 0.666. The summed E-state index contributed by atoms with van der Waals surface area (Å²) in [6.45, 7) is 1.81. The third-order valence-electron chi connectivity index (χ3n) is 3.32. The zero-order valence-corrected chi connectivity index (χ0v) is 14.9. The molecule has 1 amide bonds. The molecule has 3 aromatic rings. The number of aromatic nitrogens is 1. The van der Waals surface area contributed by atoms with Crippen LogP contribution < -0.4 is 10.0 Å². The summed E-state index contributed by atoms with van der Waals surface area (Å²) in [6, 6.07) is 14.7. The van der Waals surface area contributed by atoms with Crippen molar-refractivity contribution in [2.45, 2.75) is 11.8 Å². The fourth-order valence-corrected chi connectivity index (χ4v) is 3.91. The summed E-state index contributed by atoms with van der Waals surface area (Å²) in [6.07, 6.45) is 1.49. The number of nitrogens with one attached hydrogen (secondary N) is 2. The lowest BCUT2D eigenvalue weighted by molar-refractivity contribution is 0.103. The predicted octanol–water partition coefficient (Wildman–Crippen LogP) is 3.50. The molecule has 0 unspecified atom stereocenters. The largest absolute Gasteiger partial charge is 0.319 e. The van der Waals surface area contributed by atoms with Gasteiger partial charge in [0.25, 0.3) is 15.9 Å². The predicted molar refractivity (Wildman–Crippen MR) is 98.5 cm³/mol. The van der Waals surface area contributed by atoms with Crippen molar-refractivity contribution >= 4 is 38.6 Å². The van der Waals surface area contributed by atoms with Gasteiger partial charge in [0.2, 0.25) is 0 Å². The van der Waals surface area contributed by atoms with Crippen LogP contribution in [0.5, 0.6) is 0 Å². The third kappa shape index (κ3) is 4.04. The number of amides is 1. The Labute approximate surface area is 149 Å². The average molecular weight is 373 g/mol. The number of sulfonamides is 1. The fraction of sp³-hybridized carbons (Fsp3) is 0.0588. The van der Waals surface area contributed by atoms with Crippen LogP contribution in [0.3, 0.4) is 0 Å². The molecule has 0 saturated carbocycles. The molecule has 0 fully saturated rings. The van der Waals surface area contributed by atoms with E-state index in [9.17, 15) is 13.2 Å². The van der Waals surface area contributed by atoms with Gasteiger partial charge in [0.1, 0.15) is 4.88 Å². The minimum absolute atomic E-state index is 0.147. The molecule has 6 nitrogen and oxygen atoms in total. The van der Waals surface area contributed by atoms with Gasteiger partial charge in [-0.25, -0.2) is 13.4 Å². The van der Waals surface area contributed by atoms with Crippen LogP contribution in [-0.4, -0.2) is 19.3 Å². The third-order valence-corrected chi connectivity index (χ3v) is 5.61. The summed E-state index contributed by atoms with van der Waals surface area (Å²) in [5.74, 6) is -0.336. The Morgan fingerprint density at radius 1 is 1.00 bits per heavy atom. The first kappa shape index (κ1) is 17.1. The van der Waals surface area contributed by atoms with Gasteiger partial charge in [0.15, 0.2) is 0 Å². The van der Waals surface area contributed by atoms with E-state index in [0.717, 1.165) is 5.01 Å². The Hall–Kier alpha value is -2.71. The quantitative estimate of drug-likeness (QED) is 0.716. The molecule has 2 aromatic carbocycles. The Morgan fingerprint density at radius 3 is 2.28 bits per heavy atom. The van der Waals surface area contributed by atoms with Gasteiger partial charge in [-0.3, -0.25) is 9.52 Å². The molecule has 3 rings (SSSR count). The Balaban J connectivity index is 1.85. The molecular formula is C17H15N3O3S2. The zero-order valence-electron chi connectivity index (χ0n) is 13.3. The van der Waals surface area contributed by atoms with Gasteiger partial charge < -0.3 is 5.32 Å². The van der Waals surface area contributed by atoms with Gasteiger partial charge in [-0.2, -0.15) is 0 Å². The maximum atomic E-state index is 12.5. The topological polar surface area (TPSA) is 88.2 Å². The highest BCUT2D eigenvalue weighted by Gasteiger charge is 2.17. The van der Waals surface area contributed by atoms with Crippen LogP contribution in [0.4, 0.5) is 11.4 Å². The molecule has 0 radical (unpaired) electrons. The van der Waals surface area contributed by atoms with Gasteiger partial charge in [0, 0.05) is 0 Å². The highest BCUT2D eigenvalue weighted by atomic mass is 32.2. The minimum Gasteiger partial charge on any atom is -0.319 e. The van der Waals surface area contributed by atoms with E-state index >= 15 is 0 Å². The van der Waals surface area contributed by atoms with Crippen molar-refractivity contribution in [1.82, 2.24) is 4.98 Å². The molecule has 0 atom stereocenters. The van der Waals surface area contributed by atoms with Crippen LogP contribution in [0, 0.1) is 6.92 Å². The number of nitrogens with zero attached hydrogens (tertiary/aromatic N) is 1. The monoisotopic (exact) mass is 373 g/mol. The molecule has 0 bridgehead atoms. The summed E-state index contributed by atoms with van der Waals surface area (Å²) < 4.78 is 27.5. The Kier molecular flexibility index (Phi) is 4.82. The van der Waals surface area contributed by atoms with Crippen LogP contribution in [-0.2, 0) is 10.0 Å². The first-order chi connectivity index (χ1) is 12.0. The second-order valence-electron chi connectivity index (χ2n) is 5.16. The summed E-state index contributed by atoms with van der Waals surface area (Å²) in [4.78, 5) is 16.9. The van der Waals surface area contributed by atoms with Crippen LogP contribution in [0.2, 0.25) is 0 Å². The van der Waals surface area contributed by atoms with Crippen molar-refractivity contribution in [2.24, 2.45) is 0 Å². The normalized spacial score (nSPS) is 11.1. The van der Waals surface area contributed by atoms with Crippen LogP contribution in [0.1, 0.15) is 14.7 Å². The first-order valence-electron chi connectivity index (χ1n) is 7.36. The van der Waals surface area contributed by atoms with E-state index in [2.05, 4.69) is 15.0 Å². The second-order valence-corrected chi connectivity index (χ2v) is 8.08. The summed E-state index contributed by atoms with van der Waals surface area (Å²) in [5, 5.41) is 3.50. The van der Waals surface area contributed by atoms with Gasteiger partial charge in [-0.05, 0) is 31.2 Å². The molecule has 128 valence electrons. The number of benzene rings is 2. The van der Waals surface area contributed by atoms with E-state index in [1.54, 1.807) is 42.5 Å². The van der Waals surface area contributed by atoms with Crippen LogP contribution in [0.25, 0.3) is 0 Å². The molecular weight excluding hydrogens is 358 g/mol. The van der Waals surface area contributed by atoms with Crippen molar-refractivity contribution < 1.29 is 13.2 Å². The van der Waals surface area contributed by atoms with E-state index in [0.29, 0.717) is 16.3 Å². The van der Waals surface area contributed by atoms with Crippen molar-refractivity contribution in [3.8, 4) is 0 Å². The van der Waals surface area contributed by atoms with Crippen molar-refractivity contribution in [1.29, 1.82) is 0 Å². The fourth-order valence-electron chi connectivity index (χ4n) is 2.13. The first-order valence-corrected chi connectivity index (χ1v) is 9.66. The summed E-state index contributed by atoms with van der Waals surface area (Å²) >= 11 is 1.27. The van der Waals surface area contributed by atoms with Gasteiger partial charge in [-0.15, -0.1) is 11.3 Å². The number of rotatable bonds is 5. The Morgan fingerprint density at radius 2 is 1.64 bits per heavy atom. The van der Waals surface area contributed by atoms with Crippen LogP contribution in [0.15, 0.2) is 65.7 Å². The lowest BCUT2D eigenvalue weighted by atomic mass is 10.2. The molecule has 1 aromatic heterocycles. The molecule has 1 heterocycles. The molecule has 0 saturated heterocycles. The SMILES string of the molecule is Cc1ncc(C(=O)Nc2ccccc2NS(=O)(=O)c2ccccc2)s1. The maximum Gasteiger partial charge on any atom is 0.267 e. The number of carbonyl (C=O) groups excluding carboxylic acids is 1. The molecule has 0 spiro atoms. The molecule has 0 aliphatic rings. The lowest BCUT2D eigenvalue weighted by Crippen LogP contribution is -2.16. The number of carbonyl (C=O) groups is 1. The highest BCUT2D eigenvalue weighted by Crippen LogP contribution is 2.25. The van der Waals surface area contributed by atoms with E-state index in [1.165, 1.54) is 29.7 Å². The average Bonchev–Trinajstić information content (AvgIpc) is 3.04. The number of para-hydroxylation sites is 2. The highest BCUT2D eigenvalue weighted by molar-refractivity contribution is 7.92. The lowest BCUT2D eigenvalue weighted by Gasteiger charge is -2.13.